The zero-order chi connectivity index (χ0) is 26.4. The first-order valence-electron chi connectivity index (χ1n) is 15.6. The minimum absolute atomic E-state index is 0. The number of rotatable bonds is 7. The Kier molecular flexibility index (Phi) is 10.2. The highest BCUT2D eigenvalue weighted by Gasteiger charge is 2.63. The first kappa shape index (κ1) is 32.0. The van der Waals surface area contributed by atoms with Crippen molar-refractivity contribution in [1.29, 1.82) is 0 Å². The maximum absolute atomic E-state index is 15.9. The van der Waals surface area contributed by atoms with Crippen LogP contribution < -0.4 is 10.6 Å². The Balaban J connectivity index is 0.00000185. The molecular formula is C34H48B2O2P2. The average Bonchev–Trinajstić information content (AvgIpc) is 2.98. The molecule has 5 aliphatic rings. The molecule has 0 aliphatic heterocycles. The normalized spacial score (nSPS) is 28.9. The molecule has 2 bridgehead atoms. The predicted molar refractivity (Wildman–Crippen MR) is 175 cm³/mol. The summed E-state index contributed by atoms with van der Waals surface area (Å²) in [6.07, 6.45) is 15.4. The van der Waals surface area contributed by atoms with Crippen LogP contribution in [0.1, 0.15) is 90.9 Å². The first-order chi connectivity index (χ1) is 18.3. The van der Waals surface area contributed by atoms with Gasteiger partial charge in [0, 0.05) is 50.6 Å². The molecule has 0 N–H and O–H groups in total. The summed E-state index contributed by atoms with van der Waals surface area (Å²) < 4.78 is 31.3. The molecule has 5 saturated carbocycles. The molecule has 0 spiro atoms. The lowest BCUT2D eigenvalue weighted by molar-refractivity contribution is -0.0960. The molecular weight excluding hydrogens is 524 g/mol. The largest absolute Gasteiger partial charge is 0.323 e. The molecule has 0 heterocycles. The van der Waals surface area contributed by atoms with Gasteiger partial charge in [-0.25, -0.2) is 0 Å². The summed E-state index contributed by atoms with van der Waals surface area (Å²) in [6.45, 7) is 4.91. The molecule has 212 valence electrons. The molecule has 2 nitrogen and oxygen atoms in total. The van der Waals surface area contributed by atoms with Crippen LogP contribution in [0.3, 0.4) is 0 Å². The summed E-state index contributed by atoms with van der Waals surface area (Å²) in [4.78, 5) is 0. The van der Waals surface area contributed by atoms with E-state index in [-0.39, 0.29) is 33.8 Å². The van der Waals surface area contributed by atoms with Gasteiger partial charge >= 0.3 is 0 Å². The van der Waals surface area contributed by atoms with E-state index < -0.39 is 14.3 Å². The fourth-order valence-electron chi connectivity index (χ4n) is 9.43. The first-order valence-corrected chi connectivity index (χ1v) is 19.4. The minimum Gasteiger partial charge on any atom is -0.323 e. The second-order valence-corrected chi connectivity index (χ2v) is 20.3. The number of hydrogen-bond acceptors (Lipinski definition) is 2. The average molecular weight is 572 g/mol. The monoisotopic (exact) mass is 572 g/mol. The molecule has 7 rings (SSSR count). The van der Waals surface area contributed by atoms with E-state index >= 15 is 9.13 Å². The second kappa shape index (κ2) is 12.7. The summed E-state index contributed by atoms with van der Waals surface area (Å²) in [7, 11) is -5.33. The molecule has 2 aromatic rings. The molecule has 4 atom stereocenters. The molecule has 2 unspecified atom stereocenters. The molecule has 0 amide bonds. The Bertz CT molecular complexity index is 1120. The molecule has 5 fully saturated rings. The third-order valence-corrected chi connectivity index (χ3v) is 19.9. The zero-order valence-corrected chi connectivity index (χ0v) is 26.6. The van der Waals surface area contributed by atoms with Crippen molar-refractivity contribution in [2.75, 3.05) is 6.16 Å². The van der Waals surface area contributed by atoms with E-state index in [0.717, 1.165) is 17.0 Å². The molecule has 40 heavy (non-hydrogen) atoms. The van der Waals surface area contributed by atoms with Crippen LogP contribution in [0, 0.1) is 23.2 Å². The SMILES string of the molecule is CC1(C)C2CC1[C@H](CP(=O)(c1ccccc1)c1ccccc1)[C@H](P(=O)(C1CCCCC1)C1CCCCC1)C2.[B].[B]. The highest BCUT2D eigenvalue weighted by atomic mass is 31.2. The van der Waals surface area contributed by atoms with Gasteiger partial charge in [0.05, 0.1) is 7.14 Å². The Morgan fingerprint density at radius 3 is 1.55 bits per heavy atom. The van der Waals surface area contributed by atoms with Gasteiger partial charge in [-0.05, 0) is 61.7 Å². The maximum atomic E-state index is 15.9. The van der Waals surface area contributed by atoms with Crippen LogP contribution >= 0.6 is 14.3 Å². The van der Waals surface area contributed by atoms with Crippen molar-refractivity contribution in [3.05, 3.63) is 60.7 Å². The fraction of sp³-hybridized carbons (Fsp3) is 0.647. The van der Waals surface area contributed by atoms with Gasteiger partial charge in [0.25, 0.3) is 0 Å². The van der Waals surface area contributed by atoms with Crippen molar-refractivity contribution in [3.8, 4) is 0 Å². The molecule has 6 radical (unpaired) electrons. The number of benzene rings is 2. The standard InChI is InChI=1S/C34H48O2P2.2B/c1-34(2)26-23-32(34)31(25-37(35,27-15-7-3-8-16-27)28-17-9-4-10-18-28)33(24-26)38(36,29-19-11-5-12-20-29)30-21-13-6-14-22-30;;/h3-4,7-10,15-18,26,29-33H,5-6,11-14,19-25H2,1-2H3;;/t26?,31-,32?,33+;;/m0../s1. The summed E-state index contributed by atoms with van der Waals surface area (Å²) in [5, 5.41) is 1.96. The van der Waals surface area contributed by atoms with Gasteiger partial charge in [0.2, 0.25) is 0 Å². The predicted octanol–water partition coefficient (Wildman–Crippen LogP) is 8.32. The van der Waals surface area contributed by atoms with Crippen LogP contribution in [-0.4, -0.2) is 40.0 Å². The second-order valence-electron chi connectivity index (χ2n) is 13.8. The molecule has 0 aromatic heterocycles. The van der Waals surface area contributed by atoms with E-state index in [4.69, 9.17) is 0 Å². The van der Waals surface area contributed by atoms with Crippen molar-refractivity contribution in [2.24, 2.45) is 23.2 Å². The maximum Gasteiger partial charge on any atom is 0.143 e. The van der Waals surface area contributed by atoms with Gasteiger partial charge in [-0.15, -0.1) is 0 Å². The minimum atomic E-state index is -2.87. The van der Waals surface area contributed by atoms with Crippen LogP contribution in [-0.2, 0) is 9.13 Å². The Morgan fingerprint density at radius 2 is 1.12 bits per heavy atom. The highest BCUT2D eigenvalue weighted by molar-refractivity contribution is 7.78. The number of hydrogen-bond donors (Lipinski definition) is 0. The molecule has 0 saturated heterocycles. The smallest absolute Gasteiger partial charge is 0.143 e. The summed E-state index contributed by atoms with van der Waals surface area (Å²) in [5.41, 5.74) is 1.37. The molecule has 5 aliphatic carbocycles. The van der Waals surface area contributed by atoms with Crippen molar-refractivity contribution >= 4 is 41.7 Å². The van der Waals surface area contributed by atoms with Crippen molar-refractivity contribution in [3.63, 3.8) is 0 Å². The zero-order valence-electron chi connectivity index (χ0n) is 24.8. The van der Waals surface area contributed by atoms with E-state index in [0.29, 0.717) is 29.3 Å². The van der Waals surface area contributed by atoms with Crippen LogP contribution in [0.5, 0.6) is 0 Å². The lowest BCUT2D eigenvalue weighted by Crippen LogP contribution is -2.59. The van der Waals surface area contributed by atoms with Gasteiger partial charge in [-0.1, -0.05) is 113 Å². The van der Waals surface area contributed by atoms with Gasteiger partial charge in [-0.2, -0.15) is 0 Å². The fourth-order valence-corrected chi connectivity index (χ4v) is 18.2. The van der Waals surface area contributed by atoms with E-state index in [9.17, 15) is 0 Å². The van der Waals surface area contributed by atoms with E-state index in [1.165, 1.54) is 70.6 Å². The van der Waals surface area contributed by atoms with Crippen LogP contribution in [0.25, 0.3) is 0 Å². The van der Waals surface area contributed by atoms with Gasteiger partial charge in [-0.3, -0.25) is 0 Å². The van der Waals surface area contributed by atoms with Gasteiger partial charge in [0.15, 0.2) is 0 Å². The Hall–Kier alpha value is -0.970. The molecule has 2 aromatic carbocycles. The lowest BCUT2D eigenvalue weighted by Gasteiger charge is -2.65. The van der Waals surface area contributed by atoms with Crippen molar-refractivity contribution in [1.82, 2.24) is 0 Å². The summed E-state index contributed by atoms with van der Waals surface area (Å²) in [5.74, 6) is 1.51. The molecule has 6 heteroatoms. The van der Waals surface area contributed by atoms with Crippen LogP contribution in [0.4, 0.5) is 0 Å². The summed E-state index contributed by atoms with van der Waals surface area (Å²) >= 11 is 0. The highest BCUT2D eigenvalue weighted by Crippen LogP contribution is 2.76. The van der Waals surface area contributed by atoms with Crippen molar-refractivity contribution in [2.45, 2.75) is 108 Å². The van der Waals surface area contributed by atoms with Gasteiger partial charge in [0.1, 0.15) is 7.14 Å². The topological polar surface area (TPSA) is 34.1 Å². The van der Waals surface area contributed by atoms with E-state index in [1.807, 2.05) is 36.4 Å². The van der Waals surface area contributed by atoms with Crippen LogP contribution in [0.2, 0.25) is 0 Å². The van der Waals surface area contributed by atoms with Crippen LogP contribution in [0.15, 0.2) is 60.7 Å². The third-order valence-electron chi connectivity index (χ3n) is 11.7. The Labute approximate surface area is 248 Å². The third kappa shape index (κ3) is 5.44. The van der Waals surface area contributed by atoms with E-state index in [2.05, 4.69) is 38.1 Å². The summed E-state index contributed by atoms with van der Waals surface area (Å²) in [6, 6.07) is 20.6. The van der Waals surface area contributed by atoms with Gasteiger partial charge < -0.3 is 9.13 Å². The van der Waals surface area contributed by atoms with E-state index in [1.54, 1.807) is 0 Å². The lowest BCUT2D eigenvalue weighted by atomic mass is 9.46. The Morgan fingerprint density at radius 1 is 0.675 bits per heavy atom. The van der Waals surface area contributed by atoms with Crippen molar-refractivity contribution < 1.29 is 9.13 Å². The quantitative estimate of drug-likeness (QED) is 0.247. The number of fused-ring (bicyclic) bond motifs is 2.